The maximum atomic E-state index is 8.86. The Hall–Kier alpha value is -1.67. The zero-order valence-corrected chi connectivity index (χ0v) is 11.3. The Morgan fingerprint density at radius 2 is 2.06 bits per heavy atom. The fourth-order valence-electron chi connectivity index (χ4n) is 1.50. The van der Waals surface area contributed by atoms with Crippen molar-refractivity contribution in [1.29, 1.82) is 5.26 Å². The summed E-state index contributed by atoms with van der Waals surface area (Å²) in [6, 6.07) is 2.61. The Balaban J connectivity index is 2.24. The van der Waals surface area contributed by atoms with Crippen molar-refractivity contribution in [3.8, 4) is 6.07 Å². The average Bonchev–Trinajstić information content (AvgIpc) is 2.38. The Morgan fingerprint density at radius 1 is 1.33 bits per heavy atom. The summed E-state index contributed by atoms with van der Waals surface area (Å²) in [4.78, 5) is 10.4. The second-order valence-electron chi connectivity index (χ2n) is 4.57. The van der Waals surface area contributed by atoms with Gasteiger partial charge in [0.05, 0.1) is 0 Å². The largest absolute Gasteiger partial charge is 0.368 e. The van der Waals surface area contributed by atoms with Gasteiger partial charge in [0.1, 0.15) is 6.07 Å². The van der Waals surface area contributed by atoms with Crippen LogP contribution in [0.4, 0.5) is 5.82 Å². The van der Waals surface area contributed by atoms with Gasteiger partial charge in [0.2, 0.25) is 0 Å². The summed E-state index contributed by atoms with van der Waals surface area (Å²) in [7, 11) is 2.13. The van der Waals surface area contributed by atoms with Crippen LogP contribution in [0.25, 0.3) is 0 Å². The van der Waals surface area contributed by atoms with E-state index in [1.807, 2.05) is 6.07 Å². The van der Waals surface area contributed by atoms with E-state index in [0.717, 1.165) is 25.9 Å². The van der Waals surface area contributed by atoms with E-state index in [2.05, 4.69) is 41.1 Å². The smallest absolute Gasteiger partial charge is 0.182 e. The summed E-state index contributed by atoms with van der Waals surface area (Å²) >= 11 is 0. The van der Waals surface area contributed by atoms with Crippen LogP contribution in [-0.2, 0) is 0 Å². The van der Waals surface area contributed by atoms with Crippen molar-refractivity contribution in [3.63, 3.8) is 0 Å². The Morgan fingerprint density at radius 3 is 2.72 bits per heavy atom. The number of rotatable bonds is 7. The van der Waals surface area contributed by atoms with E-state index >= 15 is 0 Å². The summed E-state index contributed by atoms with van der Waals surface area (Å²) in [5.41, 5.74) is 0.358. The number of nitrogens with one attached hydrogen (secondary N) is 1. The molecule has 1 rings (SSSR count). The zero-order chi connectivity index (χ0) is 13.4. The van der Waals surface area contributed by atoms with Crippen LogP contribution >= 0.6 is 0 Å². The van der Waals surface area contributed by atoms with E-state index in [9.17, 15) is 0 Å². The summed E-state index contributed by atoms with van der Waals surface area (Å²) in [6.07, 6.45) is 5.30. The van der Waals surface area contributed by atoms with Crippen molar-refractivity contribution >= 4 is 5.82 Å². The first-order chi connectivity index (χ1) is 8.65. The third-order valence-corrected chi connectivity index (χ3v) is 2.92. The molecule has 0 radical (unpaired) electrons. The molecule has 98 valence electrons. The number of nitriles is 1. The molecule has 0 saturated heterocycles. The van der Waals surface area contributed by atoms with Crippen LogP contribution in [-0.4, -0.2) is 41.0 Å². The van der Waals surface area contributed by atoms with Gasteiger partial charge < -0.3 is 10.2 Å². The van der Waals surface area contributed by atoms with Crippen molar-refractivity contribution in [2.24, 2.45) is 0 Å². The van der Waals surface area contributed by atoms with Crippen molar-refractivity contribution < 1.29 is 0 Å². The molecule has 0 saturated carbocycles. The third kappa shape index (κ3) is 4.68. The average molecular weight is 247 g/mol. The SMILES string of the molecule is CC(C)N(C)CCCCNc1nccnc1C#N. The normalized spacial score (nSPS) is 10.7. The van der Waals surface area contributed by atoms with Gasteiger partial charge in [0, 0.05) is 25.0 Å². The number of nitrogens with zero attached hydrogens (tertiary/aromatic N) is 4. The van der Waals surface area contributed by atoms with Gasteiger partial charge in [-0.3, -0.25) is 0 Å². The first-order valence-corrected chi connectivity index (χ1v) is 6.30. The number of aromatic nitrogens is 2. The molecule has 0 aliphatic rings. The second kappa shape index (κ2) is 7.62. The molecular formula is C13H21N5. The third-order valence-electron chi connectivity index (χ3n) is 2.92. The molecule has 1 heterocycles. The Bertz CT molecular complexity index is 397. The van der Waals surface area contributed by atoms with E-state index in [-0.39, 0.29) is 0 Å². The maximum absolute atomic E-state index is 8.86. The van der Waals surface area contributed by atoms with Gasteiger partial charge in [-0.25, -0.2) is 9.97 Å². The van der Waals surface area contributed by atoms with Gasteiger partial charge in [0.15, 0.2) is 11.5 Å². The molecule has 1 aromatic rings. The van der Waals surface area contributed by atoms with Crippen LogP contribution in [0.1, 0.15) is 32.4 Å². The highest BCUT2D eigenvalue weighted by atomic mass is 15.1. The predicted octanol–water partition coefficient (Wildman–Crippen LogP) is 1.88. The Labute approximate surface area is 109 Å². The van der Waals surface area contributed by atoms with Crippen molar-refractivity contribution in [3.05, 3.63) is 18.1 Å². The van der Waals surface area contributed by atoms with Crippen LogP contribution in [0.2, 0.25) is 0 Å². The quantitative estimate of drug-likeness (QED) is 0.745. The van der Waals surface area contributed by atoms with E-state index in [1.165, 1.54) is 6.20 Å². The topological polar surface area (TPSA) is 64.8 Å². The van der Waals surface area contributed by atoms with Crippen LogP contribution in [0, 0.1) is 11.3 Å². The number of hydrogen-bond acceptors (Lipinski definition) is 5. The lowest BCUT2D eigenvalue weighted by Crippen LogP contribution is -2.27. The molecule has 0 aliphatic carbocycles. The molecule has 0 aliphatic heterocycles. The molecule has 1 N–H and O–H groups in total. The van der Waals surface area contributed by atoms with E-state index in [0.29, 0.717) is 17.6 Å². The van der Waals surface area contributed by atoms with Crippen LogP contribution in [0.15, 0.2) is 12.4 Å². The molecule has 0 atom stereocenters. The Kier molecular flexibility index (Phi) is 6.09. The van der Waals surface area contributed by atoms with Gasteiger partial charge in [0.25, 0.3) is 0 Å². The molecule has 0 amide bonds. The molecule has 18 heavy (non-hydrogen) atoms. The highest BCUT2D eigenvalue weighted by molar-refractivity contribution is 5.46. The molecule has 1 aromatic heterocycles. The molecule has 5 heteroatoms. The molecule has 0 fully saturated rings. The van der Waals surface area contributed by atoms with Gasteiger partial charge in [-0.15, -0.1) is 0 Å². The van der Waals surface area contributed by atoms with Gasteiger partial charge in [-0.2, -0.15) is 5.26 Å². The molecule has 0 unspecified atom stereocenters. The second-order valence-corrected chi connectivity index (χ2v) is 4.57. The molecule has 0 bridgehead atoms. The van der Waals surface area contributed by atoms with E-state index < -0.39 is 0 Å². The molecule has 0 spiro atoms. The molecule has 0 aromatic carbocycles. The minimum Gasteiger partial charge on any atom is -0.368 e. The van der Waals surface area contributed by atoms with E-state index in [1.54, 1.807) is 6.20 Å². The monoisotopic (exact) mass is 247 g/mol. The van der Waals surface area contributed by atoms with Gasteiger partial charge in [-0.05, 0) is 40.3 Å². The van der Waals surface area contributed by atoms with Crippen molar-refractivity contribution in [2.45, 2.75) is 32.7 Å². The number of anilines is 1. The standard InChI is InChI=1S/C13H21N5/c1-11(2)18(3)9-5-4-6-16-13-12(10-14)15-7-8-17-13/h7-8,11H,4-6,9H2,1-3H3,(H,16,17). The summed E-state index contributed by atoms with van der Waals surface area (Å²) in [6.45, 7) is 6.29. The zero-order valence-electron chi connectivity index (χ0n) is 11.3. The van der Waals surface area contributed by atoms with Gasteiger partial charge in [-0.1, -0.05) is 0 Å². The minimum absolute atomic E-state index is 0.358. The van der Waals surface area contributed by atoms with Crippen LogP contribution < -0.4 is 5.32 Å². The number of hydrogen-bond donors (Lipinski definition) is 1. The first kappa shape index (κ1) is 14.4. The lowest BCUT2D eigenvalue weighted by molar-refractivity contribution is 0.269. The first-order valence-electron chi connectivity index (χ1n) is 6.30. The fourth-order valence-corrected chi connectivity index (χ4v) is 1.50. The number of unbranched alkanes of at least 4 members (excludes halogenated alkanes) is 1. The molecule has 5 nitrogen and oxygen atoms in total. The fraction of sp³-hybridized carbons (Fsp3) is 0.615. The van der Waals surface area contributed by atoms with Crippen molar-refractivity contribution in [1.82, 2.24) is 14.9 Å². The summed E-state index contributed by atoms with van der Waals surface area (Å²) in [5.74, 6) is 0.581. The van der Waals surface area contributed by atoms with E-state index in [4.69, 9.17) is 5.26 Å². The van der Waals surface area contributed by atoms with Gasteiger partial charge >= 0.3 is 0 Å². The molecular weight excluding hydrogens is 226 g/mol. The van der Waals surface area contributed by atoms with Crippen LogP contribution in [0.5, 0.6) is 0 Å². The maximum Gasteiger partial charge on any atom is 0.182 e. The lowest BCUT2D eigenvalue weighted by Gasteiger charge is -2.20. The summed E-state index contributed by atoms with van der Waals surface area (Å²) in [5, 5.41) is 12.0. The van der Waals surface area contributed by atoms with Crippen molar-refractivity contribution in [2.75, 3.05) is 25.5 Å². The highest BCUT2D eigenvalue weighted by Gasteiger charge is 2.04. The van der Waals surface area contributed by atoms with Crippen LogP contribution in [0.3, 0.4) is 0 Å². The minimum atomic E-state index is 0.358. The lowest BCUT2D eigenvalue weighted by atomic mass is 10.2. The summed E-state index contributed by atoms with van der Waals surface area (Å²) < 4.78 is 0. The highest BCUT2D eigenvalue weighted by Crippen LogP contribution is 2.06. The predicted molar refractivity (Wildman–Crippen MR) is 72.2 cm³/mol.